The van der Waals surface area contributed by atoms with Gasteiger partial charge in [0.15, 0.2) is 11.5 Å². The number of thiocarbonyl (C=S) groups is 1. The highest BCUT2D eigenvalue weighted by atomic mass is 32.1. The van der Waals surface area contributed by atoms with Gasteiger partial charge in [0, 0.05) is 18.4 Å². The second-order valence-corrected chi connectivity index (χ2v) is 7.85. The van der Waals surface area contributed by atoms with Crippen LogP contribution in [0.2, 0.25) is 0 Å². The Morgan fingerprint density at radius 1 is 1.13 bits per heavy atom. The molecule has 0 aliphatic heterocycles. The number of rotatable bonds is 11. The number of benzene rings is 2. The van der Waals surface area contributed by atoms with Crippen molar-refractivity contribution in [1.82, 2.24) is 0 Å². The summed E-state index contributed by atoms with van der Waals surface area (Å²) in [6.45, 7) is 2.99. The minimum absolute atomic E-state index is 0.127. The molecule has 166 valence electrons. The number of aryl methyl sites for hydroxylation is 1. The molecule has 31 heavy (non-hydrogen) atoms. The first kappa shape index (κ1) is 22.9. The molecule has 1 aliphatic carbocycles. The van der Waals surface area contributed by atoms with E-state index in [0.717, 1.165) is 36.1 Å². The van der Waals surface area contributed by atoms with Crippen molar-refractivity contribution in [3.63, 3.8) is 0 Å². The maximum absolute atomic E-state index is 11.8. The molecule has 2 N–H and O–H groups in total. The van der Waals surface area contributed by atoms with E-state index in [2.05, 4.69) is 0 Å². The Morgan fingerprint density at radius 2 is 1.94 bits per heavy atom. The summed E-state index contributed by atoms with van der Waals surface area (Å²) in [5, 5.41) is 0. The molecule has 0 saturated heterocycles. The van der Waals surface area contributed by atoms with Gasteiger partial charge in [-0.3, -0.25) is 4.79 Å². The van der Waals surface area contributed by atoms with Gasteiger partial charge >= 0.3 is 5.97 Å². The summed E-state index contributed by atoms with van der Waals surface area (Å²) >= 11 is 4.99. The number of carbonyl (C=O) groups excluding carboxylic acids is 1. The maximum atomic E-state index is 11.8. The van der Waals surface area contributed by atoms with E-state index >= 15 is 0 Å². The molecule has 0 spiro atoms. The molecular weight excluding hydrogens is 414 g/mol. The van der Waals surface area contributed by atoms with Crippen LogP contribution in [0.15, 0.2) is 36.4 Å². The van der Waals surface area contributed by atoms with Crippen molar-refractivity contribution in [2.75, 3.05) is 20.3 Å². The molecule has 6 nitrogen and oxygen atoms in total. The predicted octanol–water partition coefficient (Wildman–Crippen LogP) is 4.51. The van der Waals surface area contributed by atoms with Crippen molar-refractivity contribution in [2.24, 2.45) is 5.73 Å². The zero-order valence-corrected chi connectivity index (χ0v) is 18.8. The number of methoxy groups -OCH3 is 1. The monoisotopic (exact) mass is 443 g/mol. The van der Waals surface area contributed by atoms with Gasteiger partial charge in [-0.2, -0.15) is 0 Å². The summed E-state index contributed by atoms with van der Waals surface area (Å²) in [5.74, 6) is 1.93. The molecule has 1 atom stereocenters. The summed E-state index contributed by atoms with van der Waals surface area (Å²) in [4.78, 5) is 12.1. The molecule has 0 bridgehead atoms. The number of nitrogens with two attached hydrogens (primary N) is 1. The lowest BCUT2D eigenvalue weighted by molar-refractivity contribution is -0.149. The fraction of sp³-hybridized carbons (Fsp3) is 0.417. The SMILES string of the molecule is CCCC(=O)O[C@H]1CCc2cc(OCCCOc3ccc(C(N)=S)cc3OC)ccc21. The lowest BCUT2D eigenvalue weighted by atomic mass is 10.1. The third-order valence-electron chi connectivity index (χ3n) is 5.13. The van der Waals surface area contributed by atoms with Crippen LogP contribution in [-0.2, 0) is 16.0 Å². The van der Waals surface area contributed by atoms with E-state index in [9.17, 15) is 4.79 Å². The number of hydrogen-bond acceptors (Lipinski definition) is 6. The molecule has 2 aromatic rings. The van der Waals surface area contributed by atoms with Crippen molar-refractivity contribution in [2.45, 2.75) is 45.1 Å². The van der Waals surface area contributed by atoms with Gasteiger partial charge in [0.2, 0.25) is 0 Å². The van der Waals surface area contributed by atoms with E-state index in [1.165, 1.54) is 5.56 Å². The van der Waals surface area contributed by atoms with Crippen molar-refractivity contribution in [3.05, 3.63) is 53.1 Å². The summed E-state index contributed by atoms with van der Waals surface area (Å²) < 4.78 is 22.6. The molecule has 0 saturated carbocycles. The third-order valence-corrected chi connectivity index (χ3v) is 5.36. The summed E-state index contributed by atoms with van der Waals surface area (Å²) in [6, 6.07) is 11.4. The van der Waals surface area contributed by atoms with Crippen LogP contribution < -0.4 is 19.9 Å². The zero-order valence-electron chi connectivity index (χ0n) is 18.0. The van der Waals surface area contributed by atoms with Crippen LogP contribution in [0, 0.1) is 0 Å². The van der Waals surface area contributed by atoms with Crippen LogP contribution in [0.4, 0.5) is 0 Å². The normalized spacial score (nSPS) is 14.6. The molecular formula is C24H29NO5S. The van der Waals surface area contributed by atoms with E-state index in [0.29, 0.717) is 42.5 Å². The highest BCUT2D eigenvalue weighted by Crippen LogP contribution is 2.36. The van der Waals surface area contributed by atoms with E-state index < -0.39 is 0 Å². The van der Waals surface area contributed by atoms with Crippen LogP contribution in [0.25, 0.3) is 0 Å². The Morgan fingerprint density at radius 3 is 2.68 bits per heavy atom. The van der Waals surface area contributed by atoms with Crippen molar-refractivity contribution in [3.8, 4) is 17.2 Å². The van der Waals surface area contributed by atoms with E-state index in [-0.39, 0.29) is 12.1 Å². The minimum atomic E-state index is -0.133. The first-order valence-electron chi connectivity index (χ1n) is 10.6. The van der Waals surface area contributed by atoms with Gasteiger partial charge in [-0.05, 0) is 60.7 Å². The molecule has 0 unspecified atom stereocenters. The largest absolute Gasteiger partial charge is 0.493 e. The number of fused-ring (bicyclic) bond motifs is 1. The number of hydrogen-bond donors (Lipinski definition) is 1. The van der Waals surface area contributed by atoms with E-state index in [1.807, 2.05) is 31.2 Å². The van der Waals surface area contributed by atoms with Gasteiger partial charge in [-0.15, -0.1) is 0 Å². The van der Waals surface area contributed by atoms with Crippen LogP contribution in [0.1, 0.15) is 55.4 Å². The van der Waals surface area contributed by atoms with Crippen LogP contribution in [0.3, 0.4) is 0 Å². The summed E-state index contributed by atoms with van der Waals surface area (Å²) in [6.07, 6.45) is 3.57. The van der Waals surface area contributed by atoms with Crippen LogP contribution in [0.5, 0.6) is 17.2 Å². The van der Waals surface area contributed by atoms with Gasteiger partial charge in [-0.25, -0.2) is 0 Å². The van der Waals surface area contributed by atoms with Gasteiger partial charge in [0.25, 0.3) is 0 Å². The van der Waals surface area contributed by atoms with Gasteiger partial charge in [0.05, 0.1) is 20.3 Å². The fourth-order valence-corrected chi connectivity index (χ4v) is 3.69. The number of ether oxygens (including phenoxy) is 4. The quantitative estimate of drug-likeness (QED) is 0.311. The maximum Gasteiger partial charge on any atom is 0.306 e. The van der Waals surface area contributed by atoms with Crippen molar-refractivity contribution in [1.29, 1.82) is 0 Å². The smallest absolute Gasteiger partial charge is 0.306 e. The second kappa shape index (κ2) is 11.0. The van der Waals surface area contributed by atoms with Crippen LogP contribution in [-0.4, -0.2) is 31.3 Å². The average molecular weight is 444 g/mol. The Labute approximate surface area is 188 Å². The molecule has 0 heterocycles. The van der Waals surface area contributed by atoms with E-state index in [4.69, 9.17) is 36.9 Å². The first-order chi connectivity index (χ1) is 15.0. The number of carbonyl (C=O) groups is 1. The first-order valence-corrected chi connectivity index (χ1v) is 11.0. The molecule has 7 heteroatoms. The highest BCUT2D eigenvalue weighted by Gasteiger charge is 2.26. The molecule has 0 radical (unpaired) electrons. The summed E-state index contributed by atoms with van der Waals surface area (Å²) in [7, 11) is 1.58. The van der Waals surface area contributed by atoms with E-state index in [1.54, 1.807) is 19.2 Å². The Bertz CT molecular complexity index is 930. The third kappa shape index (κ3) is 6.10. The van der Waals surface area contributed by atoms with Gasteiger partial charge < -0.3 is 24.7 Å². The molecule has 0 amide bonds. The lowest BCUT2D eigenvalue weighted by Gasteiger charge is -2.14. The standard InChI is InChI=1S/C24H29NO5S/c1-3-5-23(26)30-20-10-6-16-14-18(8-9-19(16)20)28-12-4-13-29-21-11-7-17(24(25)31)15-22(21)27-2/h7-9,11,14-15,20H,3-6,10,12-13H2,1-2H3,(H2,25,31)/t20-/m0/s1. The molecule has 2 aromatic carbocycles. The van der Waals surface area contributed by atoms with Crippen LogP contribution >= 0.6 is 12.2 Å². The van der Waals surface area contributed by atoms with Gasteiger partial charge in [0.1, 0.15) is 16.8 Å². The van der Waals surface area contributed by atoms with Gasteiger partial charge in [-0.1, -0.05) is 25.2 Å². The molecule has 0 fully saturated rings. The lowest BCUT2D eigenvalue weighted by Crippen LogP contribution is -2.10. The Kier molecular flexibility index (Phi) is 8.12. The fourth-order valence-electron chi connectivity index (χ4n) is 3.56. The predicted molar refractivity (Wildman–Crippen MR) is 123 cm³/mol. The van der Waals surface area contributed by atoms with Crippen molar-refractivity contribution < 1.29 is 23.7 Å². The average Bonchev–Trinajstić information content (AvgIpc) is 3.15. The molecule has 0 aromatic heterocycles. The minimum Gasteiger partial charge on any atom is -0.493 e. The highest BCUT2D eigenvalue weighted by molar-refractivity contribution is 7.80. The Hall–Kier alpha value is -2.80. The number of esters is 1. The Balaban J connectivity index is 1.46. The zero-order chi connectivity index (χ0) is 22.2. The molecule has 1 aliphatic rings. The molecule has 3 rings (SSSR count). The summed E-state index contributed by atoms with van der Waals surface area (Å²) in [5.41, 5.74) is 8.67. The second-order valence-electron chi connectivity index (χ2n) is 7.41. The van der Waals surface area contributed by atoms with Crippen molar-refractivity contribution >= 4 is 23.2 Å². The topological polar surface area (TPSA) is 80.0 Å².